The summed E-state index contributed by atoms with van der Waals surface area (Å²) in [5.74, 6) is -0.0875. The standard InChI is InChI=1S/C26H21NO5S/c1-3-31-26(28)24-16(2)32-25-21-11-7-6-10-20(21)23(15-22(24)25)27-33(29,30)19-13-12-17-8-4-5-9-18(17)14-19/h4-15,27H,3H2,1-2H3. The Bertz CT molecular complexity index is 1650. The number of aryl methyl sites for hydroxylation is 1. The molecule has 4 aromatic carbocycles. The fourth-order valence-corrected chi connectivity index (χ4v) is 5.22. The Kier molecular flexibility index (Phi) is 5.06. The second-order valence-electron chi connectivity index (χ2n) is 7.71. The molecule has 7 heteroatoms. The lowest BCUT2D eigenvalue weighted by atomic mass is 10.0. The normalized spacial score (nSPS) is 11.8. The molecule has 0 aliphatic carbocycles. The molecule has 0 unspecified atom stereocenters. The summed E-state index contributed by atoms with van der Waals surface area (Å²) < 4.78 is 40.5. The second-order valence-corrected chi connectivity index (χ2v) is 9.40. The number of ether oxygens (including phenoxy) is 1. The van der Waals surface area contributed by atoms with E-state index < -0.39 is 16.0 Å². The molecule has 33 heavy (non-hydrogen) atoms. The molecule has 0 bridgehead atoms. The van der Waals surface area contributed by atoms with Crippen LogP contribution in [0.5, 0.6) is 0 Å². The summed E-state index contributed by atoms with van der Waals surface area (Å²) in [6, 6.07) is 21.5. The third-order valence-electron chi connectivity index (χ3n) is 5.63. The first kappa shape index (κ1) is 21.0. The van der Waals surface area contributed by atoms with Gasteiger partial charge in [0.2, 0.25) is 0 Å². The van der Waals surface area contributed by atoms with Gasteiger partial charge in [-0.1, -0.05) is 54.6 Å². The molecule has 0 amide bonds. The average Bonchev–Trinajstić information content (AvgIpc) is 3.15. The van der Waals surface area contributed by atoms with Gasteiger partial charge >= 0.3 is 5.97 Å². The van der Waals surface area contributed by atoms with Crippen LogP contribution in [-0.2, 0) is 14.8 Å². The lowest BCUT2D eigenvalue weighted by Crippen LogP contribution is -2.13. The average molecular weight is 460 g/mol. The van der Waals surface area contributed by atoms with Crippen molar-refractivity contribution in [1.82, 2.24) is 0 Å². The molecule has 5 aromatic rings. The van der Waals surface area contributed by atoms with Crippen LogP contribution in [0.3, 0.4) is 0 Å². The minimum Gasteiger partial charge on any atom is -0.462 e. The topological polar surface area (TPSA) is 85.6 Å². The van der Waals surface area contributed by atoms with Gasteiger partial charge in [0, 0.05) is 16.2 Å². The van der Waals surface area contributed by atoms with E-state index in [1.54, 1.807) is 38.1 Å². The maximum atomic E-state index is 13.3. The zero-order chi connectivity index (χ0) is 23.2. The van der Waals surface area contributed by atoms with E-state index in [-0.39, 0.29) is 11.5 Å². The molecule has 0 saturated heterocycles. The monoisotopic (exact) mass is 459 g/mol. The summed E-state index contributed by atoms with van der Waals surface area (Å²) in [7, 11) is -3.90. The summed E-state index contributed by atoms with van der Waals surface area (Å²) >= 11 is 0. The van der Waals surface area contributed by atoms with Gasteiger partial charge in [-0.2, -0.15) is 0 Å². The first-order chi connectivity index (χ1) is 15.9. The van der Waals surface area contributed by atoms with E-state index in [1.165, 1.54) is 0 Å². The van der Waals surface area contributed by atoms with Gasteiger partial charge in [0.05, 0.1) is 17.2 Å². The predicted molar refractivity (Wildman–Crippen MR) is 129 cm³/mol. The molecule has 0 aliphatic heterocycles. The number of sulfonamides is 1. The van der Waals surface area contributed by atoms with Crippen molar-refractivity contribution in [3.05, 3.63) is 84.1 Å². The van der Waals surface area contributed by atoms with Crippen molar-refractivity contribution < 1.29 is 22.4 Å². The quantitative estimate of drug-likeness (QED) is 0.325. The molecule has 6 nitrogen and oxygen atoms in total. The Labute approximate surface area is 190 Å². The lowest BCUT2D eigenvalue weighted by molar-refractivity contribution is 0.0526. The fraction of sp³-hybridized carbons (Fsp3) is 0.115. The van der Waals surface area contributed by atoms with Crippen molar-refractivity contribution in [2.24, 2.45) is 0 Å². The number of furan rings is 1. The molecule has 5 rings (SSSR count). The zero-order valence-corrected chi connectivity index (χ0v) is 18.9. The van der Waals surface area contributed by atoms with E-state index >= 15 is 0 Å². The molecular formula is C26H21NO5S. The van der Waals surface area contributed by atoms with Gasteiger partial charge in [0.1, 0.15) is 16.9 Å². The van der Waals surface area contributed by atoms with Crippen LogP contribution in [0.1, 0.15) is 23.0 Å². The smallest absolute Gasteiger partial charge is 0.342 e. The SMILES string of the molecule is CCOC(=O)c1c(C)oc2c1cc(NS(=O)(=O)c1ccc3ccccc3c1)c1ccccc12. The van der Waals surface area contributed by atoms with Crippen molar-refractivity contribution in [1.29, 1.82) is 0 Å². The van der Waals surface area contributed by atoms with Gasteiger partial charge in [-0.25, -0.2) is 13.2 Å². The van der Waals surface area contributed by atoms with Crippen LogP contribution >= 0.6 is 0 Å². The van der Waals surface area contributed by atoms with Crippen LogP contribution in [0, 0.1) is 6.92 Å². The maximum absolute atomic E-state index is 13.3. The van der Waals surface area contributed by atoms with Crippen molar-refractivity contribution in [2.45, 2.75) is 18.7 Å². The molecule has 0 saturated carbocycles. The van der Waals surface area contributed by atoms with Crippen LogP contribution in [0.4, 0.5) is 5.69 Å². The summed E-state index contributed by atoms with van der Waals surface area (Å²) in [6.45, 7) is 3.65. The van der Waals surface area contributed by atoms with E-state index in [1.807, 2.05) is 48.5 Å². The van der Waals surface area contributed by atoms with E-state index in [2.05, 4.69) is 4.72 Å². The summed E-state index contributed by atoms with van der Waals surface area (Å²) in [6.07, 6.45) is 0. The van der Waals surface area contributed by atoms with E-state index in [0.29, 0.717) is 38.8 Å². The summed E-state index contributed by atoms with van der Waals surface area (Å²) in [5.41, 5.74) is 1.17. The first-order valence-corrected chi connectivity index (χ1v) is 12.0. The van der Waals surface area contributed by atoms with Crippen molar-refractivity contribution >= 4 is 54.2 Å². The Hall–Kier alpha value is -3.84. The largest absolute Gasteiger partial charge is 0.462 e. The van der Waals surface area contributed by atoms with Gasteiger partial charge in [-0.05, 0) is 42.8 Å². The minimum atomic E-state index is -3.90. The fourth-order valence-electron chi connectivity index (χ4n) is 4.12. The predicted octanol–water partition coefficient (Wildman–Crippen LogP) is 6.03. The number of hydrogen-bond acceptors (Lipinski definition) is 5. The number of esters is 1. The number of anilines is 1. The van der Waals surface area contributed by atoms with E-state index in [9.17, 15) is 13.2 Å². The summed E-state index contributed by atoms with van der Waals surface area (Å²) in [4.78, 5) is 12.8. The Morgan fingerprint density at radius 3 is 2.36 bits per heavy atom. The highest BCUT2D eigenvalue weighted by Gasteiger charge is 2.24. The van der Waals surface area contributed by atoms with E-state index in [0.717, 1.165) is 10.8 Å². The number of rotatable bonds is 5. The lowest BCUT2D eigenvalue weighted by Gasteiger charge is -2.12. The van der Waals surface area contributed by atoms with Crippen LogP contribution in [-0.4, -0.2) is 21.0 Å². The van der Waals surface area contributed by atoms with Gasteiger partial charge < -0.3 is 9.15 Å². The van der Waals surface area contributed by atoms with Crippen LogP contribution < -0.4 is 4.72 Å². The molecular weight excluding hydrogens is 438 g/mol. The molecule has 1 aromatic heterocycles. The van der Waals surface area contributed by atoms with Crippen molar-refractivity contribution in [3.63, 3.8) is 0 Å². The van der Waals surface area contributed by atoms with Crippen molar-refractivity contribution in [2.75, 3.05) is 11.3 Å². The number of nitrogens with one attached hydrogen (secondary N) is 1. The third-order valence-corrected chi connectivity index (χ3v) is 6.99. The van der Waals surface area contributed by atoms with Gasteiger partial charge in [-0.3, -0.25) is 4.72 Å². The first-order valence-electron chi connectivity index (χ1n) is 10.5. The van der Waals surface area contributed by atoms with Gasteiger partial charge in [0.15, 0.2) is 0 Å². The van der Waals surface area contributed by atoms with Crippen LogP contribution in [0.2, 0.25) is 0 Å². The summed E-state index contributed by atoms with van der Waals surface area (Å²) in [5, 5.41) is 3.65. The molecule has 1 N–H and O–H groups in total. The Morgan fingerprint density at radius 1 is 0.909 bits per heavy atom. The third kappa shape index (κ3) is 3.60. The number of hydrogen-bond donors (Lipinski definition) is 1. The van der Waals surface area contributed by atoms with Gasteiger partial charge in [-0.15, -0.1) is 0 Å². The van der Waals surface area contributed by atoms with Gasteiger partial charge in [0.25, 0.3) is 10.0 Å². The number of carbonyl (C=O) groups is 1. The zero-order valence-electron chi connectivity index (χ0n) is 18.1. The molecule has 0 radical (unpaired) electrons. The van der Waals surface area contributed by atoms with Crippen molar-refractivity contribution in [3.8, 4) is 0 Å². The number of fused-ring (bicyclic) bond motifs is 4. The minimum absolute atomic E-state index is 0.152. The number of benzene rings is 4. The molecule has 0 atom stereocenters. The number of carbonyl (C=O) groups excluding carboxylic acids is 1. The van der Waals surface area contributed by atoms with E-state index in [4.69, 9.17) is 9.15 Å². The molecule has 0 spiro atoms. The Balaban J connectivity index is 1.69. The second kappa shape index (κ2) is 7.94. The Morgan fingerprint density at radius 2 is 1.61 bits per heavy atom. The molecule has 0 fully saturated rings. The molecule has 166 valence electrons. The van der Waals surface area contributed by atoms with Crippen LogP contribution in [0.25, 0.3) is 32.5 Å². The van der Waals surface area contributed by atoms with Crippen LogP contribution in [0.15, 0.2) is 82.1 Å². The molecule has 0 aliphatic rings. The highest BCUT2D eigenvalue weighted by molar-refractivity contribution is 7.92. The highest BCUT2D eigenvalue weighted by atomic mass is 32.2. The highest BCUT2D eigenvalue weighted by Crippen LogP contribution is 2.37. The maximum Gasteiger partial charge on any atom is 0.342 e. The molecule has 1 heterocycles.